The molecule has 0 atom stereocenters. The molecule has 0 bridgehead atoms. The Labute approximate surface area is 202 Å². The van der Waals surface area contributed by atoms with Crippen molar-refractivity contribution in [3.05, 3.63) is 54.7 Å². The number of anilines is 3. The topological polar surface area (TPSA) is 89.1 Å². The smallest absolute Gasteiger partial charge is 0.234 e. The summed E-state index contributed by atoms with van der Waals surface area (Å²) in [5.74, 6) is 3.14. The van der Waals surface area contributed by atoms with Crippen LogP contribution in [0.25, 0.3) is 0 Å². The summed E-state index contributed by atoms with van der Waals surface area (Å²) in [6.45, 7) is 3.61. The van der Waals surface area contributed by atoms with Crippen molar-refractivity contribution in [2.45, 2.75) is 5.16 Å². The Morgan fingerprint density at radius 3 is 2.71 bits per heavy atom. The Hall–Kier alpha value is -3.66. The molecule has 3 heterocycles. The van der Waals surface area contributed by atoms with Crippen LogP contribution in [0, 0.1) is 0 Å². The Bertz CT molecular complexity index is 1170. The Balaban J connectivity index is 1.15. The van der Waals surface area contributed by atoms with E-state index in [0.29, 0.717) is 22.3 Å². The number of hydrogen-bond donors (Lipinski definition) is 1. The second kappa shape index (κ2) is 10.1. The molecular formula is C24H25N5O4S. The van der Waals surface area contributed by atoms with Gasteiger partial charge in [-0.2, -0.15) is 0 Å². The van der Waals surface area contributed by atoms with E-state index in [1.807, 2.05) is 24.3 Å². The zero-order valence-corrected chi connectivity index (χ0v) is 19.6. The number of methoxy groups -OCH3 is 1. The van der Waals surface area contributed by atoms with Gasteiger partial charge in [-0.3, -0.25) is 4.79 Å². The largest absolute Gasteiger partial charge is 0.495 e. The number of fused-ring (bicyclic) bond motifs is 1. The van der Waals surface area contributed by atoms with E-state index >= 15 is 0 Å². The average Bonchev–Trinajstić information content (AvgIpc) is 3.36. The van der Waals surface area contributed by atoms with E-state index in [9.17, 15) is 4.79 Å². The van der Waals surface area contributed by atoms with Crippen LogP contribution in [0.2, 0.25) is 0 Å². The van der Waals surface area contributed by atoms with Crippen LogP contribution in [0.4, 0.5) is 17.2 Å². The highest BCUT2D eigenvalue weighted by molar-refractivity contribution is 7.99. The Kier molecular flexibility index (Phi) is 6.57. The molecule has 2 aliphatic rings. The molecule has 2 aliphatic heterocycles. The lowest BCUT2D eigenvalue weighted by Crippen LogP contribution is -2.47. The van der Waals surface area contributed by atoms with Crippen LogP contribution in [0.3, 0.4) is 0 Å². The van der Waals surface area contributed by atoms with Gasteiger partial charge in [-0.25, -0.2) is 9.97 Å². The number of aromatic nitrogens is 2. The maximum absolute atomic E-state index is 12.4. The molecule has 10 heteroatoms. The fourth-order valence-corrected chi connectivity index (χ4v) is 4.57. The first-order valence-corrected chi connectivity index (χ1v) is 12.0. The molecule has 9 nitrogen and oxygen atoms in total. The minimum atomic E-state index is -0.136. The van der Waals surface area contributed by atoms with Gasteiger partial charge in [0.25, 0.3) is 0 Å². The first kappa shape index (κ1) is 22.1. The van der Waals surface area contributed by atoms with Gasteiger partial charge in [0.15, 0.2) is 16.7 Å². The summed E-state index contributed by atoms with van der Waals surface area (Å²) < 4.78 is 16.2. The van der Waals surface area contributed by atoms with Gasteiger partial charge in [-0.1, -0.05) is 23.9 Å². The highest BCUT2D eigenvalue weighted by Gasteiger charge is 2.21. The van der Waals surface area contributed by atoms with Crippen LogP contribution in [0.15, 0.2) is 59.9 Å². The summed E-state index contributed by atoms with van der Waals surface area (Å²) in [6.07, 6.45) is 1.74. The van der Waals surface area contributed by atoms with Crippen LogP contribution in [-0.2, 0) is 4.79 Å². The minimum absolute atomic E-state index is 0.136. The van der Waals surface area contributed by atoms with Crippen molar-refractivity contribution in [2.75, 3.05) is 61.0 Å². The molecule has 0 radical (unpaired) electrons. The fourth-order valence-electron chi connectivity index (χ4n) is 3.95. The Morgan fingerprint density at radius 2 is 1.85 bits per heavy atom. The number of ether oxygens (including phenoxy) is 3. The van der Waals surface area contributed by atoms with Crippen molar-refractivity contribution in [3.63, 3.8) is 0 Å². The van der Waals surface area contributed by atoms with Crippen molar-refractivity contribution in [2.24, 2.45) is 0 Å². The molecule has 5 rings (SSSR count). The van der Waals surface area contributed by atoms with E-state index in [-0.39, 0.29) is 18.5 Å². The molecule has 3 aromatic rings. The van der Waals surface area contributed by atoms with Gasteiger partial charge in [0, 0.05) is 44.1 Å². The predicted octanol–water partition coefficient (Wildman–Crippen LogP) is 3.27. The Morgan fingerprint density at radius 1 is 1.06 bits per heavy atom. The number of amides is 1. The predicted molar refractivity (Wildman–Crippen MR) is 131 cm³/mol. The van der Waals surface area contributed by atoms with E-state index in [0.717, 1.165) is 43.4 Å². The number of hydrogen-bond acceptors (Lipinski definition) is 9. The van der Waals surface area contributed by atoms with Crippen molar-refractivity contribution in [1.29, 1.82) is 0 Å². The third-order valence-electron chi connectivity index (χ3n) is 5.64. The minimum Gasteiger partial charge on any atom is -0.495 e. The molecule has 0 saturated carbocycles. The van der Waals surface area contributed by atoms with Crippen molar-refractivity contribution >= 4 is 34.9 Å². The van der Waals surface area contributed by atoms with Crippen molar-refractivity contribution in [1.82, 2.24) is 9.97 Å². The molecule has 1 saturated heterocycles. The van der Waals surface area contributed by atoms with Crippen LogP contribution in [0.5, 0.6) is 17.2 Å². The lowest BCUT2D eigenvalue weighted by atomic mass is 10.2. The lowest BCUT2D eigenvalue weighted by molar-refractivity contribution is -0.113. The number of rotatable bonds is 7. The van der Waals surface area contributed by atoms with Crippen LogP contribution < -0.4 is 29.3 Å². The maximum Gasteiger partial charge on any atom is 0.234 e. The van der Waals surface area contributed by atoms with Crippen molar-refractivity contribution in [3.8, 4) is 17.2 Å². The molecule has 2 aromatic carbocycles. The summed E-state index contributed by atoms with van der Waals surface area (Å²) >= 11 is 1.31. The summed E-state index contributed by atoms with van der Waals surface area (Å²) in [5, 5.41) is 3.45. The number of carbonyl (C=O) groups is 1. The van der Waals surface area contributed by atoms with E-state index in [4.69, 9.17) is 14.2 Å². The average molecular weight is 480 g/mol. The maximum atomic E-state index is 12.4. The second-order valence-electron chi connectivity index (χ2n) is 7.75. The van der Waals surface area contributed by atoms with Crippen molar-refractivity contribution < 1.29 is 19.0 Å². The number of thioether (sulfide) groups is 1. The fraction of sp³-hybridized carbons (Fsp3) is 0.292. The third-order valence-corrected chi connectivity index (χ3v) is 6.50. The van der Waals surface area contributed by atoms with Gasteiger partial charge in [0.1, 0.15) is 11.6 Å². The molecule has 0 spiro atoms. The molecule has 0 unspecified atom stereocenters. The monoisotopic (exact) mass is 479 g/mol. The molecule has 0 aliphatic carbocycles. The van der Waals surface area contributed by atoms with E-state index in [1.54, 1.807) is 31.5 Å². The number of carbonyl (C=O) groups excluding carboxylic acids is 1. The quantitative estimate of drug-likeness (QED) is 0.405. The van der Waals surface area contributed by atoms with E-state index in [1.165, 1.54) is 11.8 Å². The molecule has 176 valence electrons. The molecule has 1 N–H and O–H groups in total. The molecule has 1 fully saturated rings. The van der Waals surface area contributed by atoms with E-state index in [2.05, 4.69) is 31.2 Å². The lowest BCUT2D eigenvalue weighted by Gasteiger charge is -2.37. The first-order valence-electron chi connectivity index (χ1n) is 11.0. The number of nitrogens with zero attached hydrogens (tertiary/aromatic N) is 4. The van der Waals surface area contributed by atoms with Gasteiger partial charge < -0.3 is 29.3 Å². The number of piperazine rings is 1. The second-order valence-corrected chi connectivity index (χ2v) is 8.69. The third kappa shape index (κ3) is 4.96. The van der Waals surface area contributed by atoms with Gasteiger partial charge in [0.05, 0.1) is 18.6 Å². The van der Waals surface area contributed by atoms with Crippen LogP contribution in [0.1, 0.15) is 0 Å². The van der Waals surface area contributed by atoms with Gasteiger partial charge >= 0.3 is 0 Å². The zero-order chi connectivity index (χ0) is 23.3. The van der Waals surface area contributed by atoms with Gasteiger partial charge in [0.2, 0.25) is 12.7 Å². The molecule has 1 aromatic heterocycles. The standard InChI is InChI=1S/C24H25N5O4S/c1-31-19-5-3-2-4-18(19)28-10-12-29(13-11-28)22-8-9-25-24(27-22)34-15-23(30)26-17-6-7-20-21(14-17)33-16-32-20/h2-9,14H,10-13,15-16H2,1H3,(H,26,30). The van der Waals surface area contributed by atoms with Crippen LogP contribution in [-0.4, -0.2) is 61.7 Å². The molecule has 34 heavy (non-hydrogen) atoms. The van der Waals surface area contributed by atoms with Gasteiger partial charge in [-0.05, 0) is 30.3 Å². The summed E-state index contributed by atoms with van der Waals surface area (Å²) in [5.41, 5.74) is 1.77. The number of para-hydroxylation sites is 2. The summed E-state index contributed by atoms with van der Waals surface area (Å²) in [7, 11) is 1.70. The number of nitrogens with one attached hydrogen (secondary N) is 1. The molecular weight excluding hydrogens is 454 g/mol. The summed E-state index contributed by atoms with van der Waals surface area (Å²) in [4.78, 5) is 26.0. The highest BCUT2D eigenvalue weighted by atomic mass is 32.2. The van der Waals surface area contributed by atoms with E-state index < -0.39 is 0 Å². The van der Waals surface area contributed by atoms with Gasteiger partial charge in [-0.15, -0.1) is 0 Å². The number of benzene rings is 2. The summed E-state index contributed by atoms with van der Waals surface area (Å²) in [6, 6.07) is 15.3. The zero-order valence-electron chi connectivity index (χ0n) is 18.8. The highest BCUT2D eigenvalue weighted by Crippen LogP contribution is 2.34. The molecule has 1 amide bonds. The van der Waals surface area contributed by atoms with Crippen LogP contribution >= 0.6 is 11.8 Å². The SMILES string of the molecule is COc1ccccc1N1CCN(c2ccnc(SCC(=O)Nc3ccc4c(c3)OCO4)n2)CC1. The first-order chi connectivity index (χ1) is 16.7. The normalized spacial score (nSPS) is 14.7.